The number of ether oxygens (including phenoxy) is 1. The van der Waals surface area contributed by atoms with Crippen molar-refractivity contribution in [1.82, 2.24) is 0 Å². The Morgan fingerprint density at radius 3 is 2.55 bits per heavy atom. The maximum atomic E-state index is 5.53. The van der Waals surface area contributed by atoms with Gasteiger partial charge >= 0.3 is 0 Å². The van der Waals surface area contributed by atoms with Gasteiger partial charge in [-0.2, -0.15) is 11.8 Å². The molecule has 0 amide bonds. The number of methoxy groups -OCH3 is 1. The zero-order chi connectivity index (χ0) is 8.36. The molecule has 0 aromatic rings. The van der Waals surface area contributed by atoms with E-state index in [-0.39, 0.29) is 0 Å². The topological polar surface area (TPSA) is 9.23 Å². The van der Waals surface area contributed by atoms with Crippen LogP contribution in [0, 0.1) is 0 Å². The van der Waals surface area contributed by atoms with Crippen LogP contribution in [0.1, 0.15) is 19.3 Å². The number of alkyl halides is 1. The molecule has 11 heavy (non-hydrogen) atoms. The van der Waals surface area contributed by atoms with Gasteiger partial charge in [-0.3, -0.25) is 0 Å². The minimum Gasteiger partial charge on any atom is -0.385 e. The lowest BCUT2D eigenvalue weighted by Gasteiger charge is -1.99. The molecule has 1 nitrogen and oxygen atoms in total. The molecular formula is C8H17ClOS. The number of rotatable bonds is 8. The van der Waals surface area contributed by atoms with Gasteiger partial charge in [-0.1, -0.05) is 0 Å². The zero-order valence-electron chi connectivity index (χ0n) is 7.14. The summed E-state index contributed by atoms with van der Waals surface area (Å²) in [6.07, 6.45) is 3.57. The molecular weight excluding hydrogens is 180 g/mol. The highest BCUT2D eigenvalue weighted by molar-refractivity contribution is 7.99. The van der Waals surface area contributed by atoms with Crippen molar-refractivity contribution in [3.63, 3.8) is 0 Å². The minimum absolute atomic E-state index is 0.804. The van der Waals surface area contributed by atoms with Crippen LogP contribution >= 0.6 is 23.4 Å². The molecule has 0 bridgehead atoms. The van der Waals surface area contributed by atoms with Crippen molar-refractivity contribution in [2.24, 2.45) is 0 Å². The summed E-state index contributed by atoms with van der Waals surface area (Å²) in [5.41, 5.74) is 0. The highest BCUT2D eigenvalue weighted by atomic mass is 35.5. The molecule has 0 saturated carbocycles. The molecule has 0 unspecified atom stereocenters. The molecule has 68 valence electrons. The average molecular weight is 197 g/mol. The van der Waals surface area contributed by atoms with E-state index in [2.05, 4.69) is 0 Å². The highest BCUT2D eigenvalue weighted by Gasteiger charge is 1.89. The lowest BCUT2D eigenvalue weighted by atomic mass is 10.4. The summed E-state index contributed by atoms with van der Waals surface area (Å²) in [6, 6.07) is 0. The van der Waals surface area contributed by atoms with Crippen LogP contribution in [0.4, 0.5) is 0 Å². The van der Waals surface area contributed by atoms with Crippen LogP contribution in [0.3, 0.4) is 0 Å². The maximum Gasteiger partial charge on any atom is 0.0470 e. The van der Waals surface area contributed by atoms with Gasteiger partial charge < -0.3 is 4.74 Å². The van der Waals surface area contributed by atoms with E-state index in [1.807, 2.05) is 11.8 Å². The third-order valence-electron chi connectivity index (χ3n) is 1.31. The fraction of sp³-hybridized carbons (Fsp3) is 1.00. The predicted octanol–water partition coefficient (Wildman–Crippen LogP) is 2.78. The van der Waals surface area contributed by atoms with Crippen LogP contribution in [-0.4, -0.2) is 31.1 Å². The molecule has 0 heterocycles. The first-order valence-electron chi connectivity index (χ1n) is 4.04. The lowest BCUT2D eigenvalue weighted by Crippen LogP contribution is -1.91. The molecule has 0 saturated heterocycles. The molecule has 0 aliphatic rings. The highest BCUT2D eigenvalue weighted by Crippen LogP contribution is 2.06. The molecule has 0 aliphatic heterocycles. The summed E-state index contributed by atoms with van der Waals surface area (Å²) < 4.78 is 4.94. The first-order valence-corrected chi connectivity index (χ1v) is 5.73. The third-order valence-corrected chi connectivity index (χ3v) is 2.73. The maximum absolute atomic E-state index is 5.53. The van der Waals surface area contributed by atoms with E-state index in [4.69, 9.17) is 16.3 Å². The van der Waals surface area contributed by atoms with Crippen molar-refractivity contribution in [3.8, 4) is 0 Å². The Kier molecular flexibility index (Phi) is 11.2. The van der Waals surface area contributed by atoms with Crippen molar-refractivity contribution < 1.29 is 4.74 Å². The van der Waals surface area contributed by atoms with Crippen molar-refractivity contribution in [1.29, 1.82) is 0 Å². The van der Waals surface area contributed by atoms with Gasteiger partial charge in [0.05, 0.1) is 0 Å². The van der Waals surface area contributed by atoms with E-state index >= 15 is 0 Å². The van der Waals surface area contributed by atoms with E-state index in [9.17, 15) is 0 Å². The summed E-state index contributed by atoms with van der Waals surface area (Å²) in [5, 5.41) is 0. The first kappa shape index (κ1) is 11.6. The number of halogens is 1. The first-order chi connectivity index (χ1) is 5.41. The van der Waals surface area contributed by atoms with Gasteiger partial charge in [0.25, 0.3) is 0 Å². The van der Waals surface area contributed by atoms with Gasteiger partial charge in [0.2, 0.25) is 0 Å². The number of hydrogen-bond acceptors (Lipinski definition) is 2. The molecule has 0 atom stereocenters. The second-order valence-corrected chi connectivity index (χ2v) is 3.96. The number of unbranched alkanes of at least 4 members (excludes halogenated alkanes) is 1. The summed E-state index contributed by atoms with van der Waals surface area (Å²) in [4.78, 5) is 0. The lowest BCUT2D eigenvalue weighted by molar-refractivity contribution is 0.200. The normalized spacial score (nSPS) is 10.4. The molecule has 0 fully saturated rings. The molecule has 0 N–H and O–H groups in total. The van der Waals surface area contributed by atoms with Crippen molar-refractivity contribution in [2.45, 2.75) is 19.3 Å². The Balaban J connectivity index is 2.69. The fourth-order valence-electron chi connectivity index (χ4n) is 0.706. The largest absolute Gasteiger partial charge is 0.385 e. The smallest absolute Gasteiger partial charge is 0.0470 e. The van der Waals surface area contributed by atoms with Crippen LogP contribution in [0.5, 0.6) is 0 Å². The standard InChI is InChI=1S/C8H17ClOS/c1-10-6-4-8-11-7-3-2-5-9/h2-8H2,1H3. The van der Waals surface area contributed by atoms with E-state index < -0.39 is 0 Å². The number of thioether (sulfide) groups is 1. The molecule has 0 aromatic carbocycles. The molecule has 0 rings (SSSR count). The van der Waals surface area contributed by atoms with Gasteiger partial charge in [0, 0.05) is 19.6 Å². The summed E-state index contributed by atoms with van der Waals surface area (Å²) in [5.74, 6) is 3.27. The molecule has 3 heteroatoms. The monoisotopic (exact) mass is 196 g/mol. The van der Waals surface area contributed by atoms with Crippen molar-refractivity contribution >= 4 is 23.4 Å². The van der Waals surface area contributed by atoms with Crippen LogP contribution in [0.15, 0.2) is 0 Å². The Morgan fingerprint density at radius 1 is 1.18 bits per heavy atom. The van der Waals surface area contributed by atoms with Gasteiger partial charge in [-0.15, -0.1) is 11.6 Å². The Labute approximate surface area is 78.8 Å². The summed E-state index contributed by atoms with van der Waals surface area (Å²) in [6.45, 7) is 0.891. The van der Waals surface area contributed by atoms with Crippen LogP contribution in [-0.2, 0) is 4.74 Å². The Morgan fingerprint density at radius 2 is 1.91 bits per heavy atom. The molecule has 0 aliphatic carbocycles. The van der Waals surface area contributed by atoms with E-state index in [1.165, 1.54) is 24.3 Å². The average Bonchev–Trinajstić information content (AvgIpc) is 2.03. The van der Waals surface area contributed by atoms with Gasteiger partial charge in [0.1, 0.15) is 0 Å². The van der Waals surface area contributed by atoms with Crippen molar-refractivity contribution in [3.05, 3.63) is 0 Å². The zero-order valence-corrected chi connectivity index (χ0v) is 8.72. The quantitative estimate of drug-likeness (QED) is 0.436. The molecule has 0 aromatic heterocycles. The van der Waals surface area contributed by atoms with Crippen LogP contribution in [0.25, 0.3) is 0 Å². The summed E-state index contributed by atoms with van der Waals surface area (Å²) in [7, 11) is 1.75. The van der Waals surface area contributed by atoms with E-state index in [0.29, 0.717) is 0 Å². The van der Waals surface area contributed by atoms with E-state index in [0.717, 1.165) is 18.9 Å². The van der Waals surface area contributed by atoms with Gasteiger partial charge in [0.15, 0.2) is 0 Å². The minimum atomic E-state index is 0.804. The Hall–Kier alpha value is 0.600. The van der Waals surface area contributed by atoms with Gasteiger partial charge in [-0.05, 0) is 30.8 Å². The summed E-state index contributed by atoms with van der Waals surface area (Å²) >= 11 is 7.53. The third kappa shape index (κ3) is 10.6. The fourth-order valence-corrected chi connectivity index (χ4v) is 1.83. The van der Waals surface area contributed by atoms with Crippen molar-refractivity contribution in [2.75, 3.05) is 31.1 Å². The second kappa shape index (κ2) is 10.6. The van der Waals surface area contributed by atoms with E-state index in [1.54, 1.807) is 7.11 Å². The predicted molar refractivity (Wildman–Crippen MR) is 53.8 cm³/mol. The second-order valence-electron chi connectivity index (χ2n) is 2.35. The van der Waals surface area contributed by atoms with Gasteiger partial charge in [-0.25, -0.2) is 0 Å². The molecule has 0 radical (unpaired) electrons. The Bertz CT molecular complexity index is 63.1. The SMILES string of the molecule is COCCCSCCCCCl. The number of hydrogen-bond donors (Lipinski definition) is 0. The van der Waals surface area contributed by atoms with Crippen LogP contribution < -0.4 is 0 Å². The molecule has 0 spiro atoms. The van der Waals surface area contributed by atoms with Crippen LogP contribution in [0.2, 0.25) is 0 Å².